The van der Waals surface area contributed by atoms with Crippen molar-refractivity contribution in [2.24, 2.45) is 0 Å². The lowest BCUT2D eigenvalue weighted by Crippen LogP contribution is -1.78. The summed E-state index contributed by atoms with van der Waals surface area (Å²) in [5, 5.41) is 14.8. The number of carboxylic acid groups (broad SMARTS) is 2. The van der Waals surface area contributed by atoms with E-state index in [0.717, 1.165) is 13.8 Å². The lowest BCUT2D eigenvalue weighted by Gasteiger charge is -1.59. The van der Waals surface area contributed by atoms with Gasteiger partial charge in [-0.15, -0.1) is 0 Å². The predicted molar refractivity (Wildman–Crippen MR) is 41.7 cm³/mol. The Morgan fingerprint density at radius 3 is 0.818 bits per heavy atom. The first-order valence-electron chi connectivity index (χ1n) is 1.86. The van der Waals surface area contributed by atoms with Crippen molar-refractivity contribution in [2.45, 2.75) is 13.8 Å². The average molecular weight is 171 g/mol. The molecule has 0 radical (unpaired) electrons. The van der Waals surface area contributed by atoms with E-state index in [9.17, 15) is 0 Å². The summed E-state index contributed by atoms with van der Waals surface area (Å²) in [7, 11) is 0. The molecule has 0 aliphatic rings. The number of carboxylic acids is 2. The van der Waals surface area contributed by atoms with Crippen molar-refractivity contribution >= 4 is 11.9 Å². The van der Waals surface area contributed by atoms with Crippen molar-refractivity contribution in [3.8, 4) is 0 Å². The van der Waals surface area contributed by atoms with Crippen LogP contribution in [0.1, 0.15) is 13.8 Å². The topological polar surface area (TPSA) is 180 Å². The fourth-order valence-corrected chi connectivity index (χ4v) is 0. The molecule has 0 aromatic rings. The van der Waals surface area contributed by atoms with Crippen molar-refractivity contribution in [2.75, 3.05) is 0 Å². The predicted octanol–water partition coefficient (Wildman–Crippen LogP) is 0.668. The molecule has 0 saturated carbocycles. The third-order valence-corrected chi connectivity index (χ3v) is 0. The maximum absolute atomic E-state index is 9.00. The minimum atomic E-state index is -0.833. The molecular formula is C4H17N3O4. The van der Waals surface area contributed by atoms with Crippen LogP contribution in [0.5, 0.6) is 0 Å². The highest BCUT2D eigenvalue weighted by atomic mass is 16.4. The fourth-order valence-electron chi connectivity index (χ4n) is 0. The molecule has 0 aliphatic heterocycles. The Hall–Kier alpha value is -1.18. The first-order valence-corrected chi connectivity index (χ1v) is 1.86. The molecule has 11 N–H and O–H groups in total. The minimum Gasteiger partial charge on any atom is -0.481 e. The Kier molecular flexibility index (Phi) is 69.4. The second-order valence-corrected chi connectivity index (χ2v) is 1.04. The molecule has 0 rings (SSSR count). The summed E-state index contributed by atoms with van der Waals surface area (Å²) in [5.74, 6) is -1.67. The molecule has 0 saturated heterocycles. The average Bonchev–Trinajstić information content (AvgIpc) is 1.25. The van der Waals surface area contributed by atoms with Gasteiger partial charge >= 0.3 is 0 Å². The molecule has 11 heavy (non-hydrogen) atoms. The second-order valence-electron chi connectivity index (χ2n) is 1.04. The van der Waals surface area contributed by atoms with E-state index >= 15 is 0 Å². The summed E-state index contributed by atoms with van der Waals surface area (Å²) < 4.78 is 0. The van der Waals surface area contributed by atoms with Crippen LogP contribution in [0.15, 0.2) is 0 Å². The first-order chi connectivity index (χ1) is 3.46. The molecular weight excluding hydrogens is 154 g/mol. The normalized spacial score (nSPS) is 4.55. The van der Waals surface area contributed by atoms with Crippen molar-refractivity contribution < 1.29 is 19.8 Å². The molecule has 7 heteroatoms. The van der Waals surface area contributed by atoms with Gasteiger partial charge in [0.15, 0.2) is 0 Å². The monoisotopic (exact) mass is 171 g/mol. The van der Waals surface area contributed by atoms with E-state index in [4.69, 9.17) is 19.8 Å². The lowest BCUT2D eigenvalue weighted by atomic mass is 10.9. The molecule has 0 spiro atoms. The Balaban J connectivity index is -0.0000000171. The maximum atomic E-state index is 9.00. The maximum Gasteiger partial charge on any atom is 0.300 e. The van der Waals surface area contributed by atoms with Crippen LogP contribution in [0.2, 0.25) is 0 Å². The fraction of sp³-hybridized carbons (Fsp3) is 0.500. The molecule has 0 aromatic heterocycles. The van der Waals surface area contributed by atoms with Crippen LogP contribution in [0.25, 0.3) is 0 Å². The van der Waals surface area contributed by atoms with Crippen LogP contribution in [0, 0.1) is 0 Å². The Morgan fingerprint density at radius 1 is 0.818 bits per heavy atom. The van der Waals surface area contributed by atoms with Crippen LogP contribution in [0.3, 0.4) is 0 Å². The van der Waals surface area contributed by atoms with Gasteiger partial charge in [0.05, 0.1) is 0 Å². The summed E-state index contributed by atoms with van der Waals surface area (Å²) >= 11 is 0. The standard InChI is InChI=1S/2C2H4O2.3H3N/c2*1-2(3)4;;;/h2*1H3,(H,3,4);3*1H3. The Morgan fingerprint density at radius 2 is 0.818 bits per heavy atom. The Labute approximate surface area is 65.2 Å². The van der Waals surface area contributed by atoms with Gasteiger partial charge in [0.1, 0.15) is 0 Å². The summed E-state index contributed by atoms with van der Waals surface area (Å²) in [6, 6.07) is 0. The lowest BCUT2D eigenvalue weighted by molar-refractivity contribution is -0.135. The van der Waals surface area contributed by atoms with Crippen molar-refractivity contribution in [1.29, 1.82) is 0 Å². The van der Waals surface area contributed by atoms with Gasteiger partial charge < -0.3 is 28.7 Å². The van der Waals surface area contributed by atoms with Gasteiger partial charge in [-0.25, -0.2) is 0 Å². The largest absolute Gasteiger partial charge is 0.481 e. The highest BCUT2D eigenvalue weighted by Gasteiger charge is 1.65. The van der Waals surface area contributed by atoms with E-state index in [0.29, 0.717) is 0 Å². The van der Waals surface area contributed by atoms with E-state index < -0.39 is 11.9 Å². The number of hydrogen-bond donors (Lipinski definition) is 5. The molecule has 0 atom stereocenters. The molecule has 7 nitrogen and oxygen atoms in total. The number of hydrogen-bond acceptors (Lipinski definition) is 5. The zero-order valence-electron chi connectivity index (χ0n) is 6.83. The van der Waals surface area contributed by atoms with E-state index in [-0.39, 0.29) is 18.5 Å². The van der Waals surface area contributed by atoms with Crippen molar-refractivity contribution in [3.05, 3.63) is 0 Å². The SMILES string of the molecule is CC(=O)O.CC(=O)O.N.N.N. The summed E-state index contributed by atoms with van der Waals surface area (Å²) in [4.78, 5) is 18.0. The van der Waals surface area contributed by atoms with Crippen LogP contribution >= 0.6 is 0 Å². The number of carbonyl (C=O) groups is 2. The van der Waals surface area contributed by atoms with E-state index in [1.165, 1.54) is 0 Å². The van der Waals surface area contributed by atoms with Crippen LogP contribution in [-0.4, -0.2) is 22.2 Å². The first kappa shape index (κ1) is 32.9. The summed E-state index contributed by atoms with van der Waals surface area (Å²) in [5.41, 5.74) is 0. The van der Waals surface area contributed by atoms with Gasteiger partial charge in [-0.2, -0.15) is 0 Å². The van der Waals surface area contributed by atoms with E-state index in [1.54, 1.807) is 0 Å². The highest BCUT2D eigenvalue weighted by molar-refractivity contribution is 5.63. The molecule has 0 aromatic carbocycles. The molecule has 0 heterocycles. The second kappa shape index (κ2) is 23.2. The van der Waals surface area contributed by atoms with Gasteiger partial charge in [-0.05, 0) is 0 Å². The molecule has 72 valence electrons. The van der Waals surface area contributed by atoms with Gasteiger partial charge in [0, 0.05) is 13.8 Å². The van der Waals surface area contributed by atoms with Gasteiger partial charge in [0.25, 0.3) is 11.9 Å². The minimum absolute atomic E-state index is 0. The van der Waals surface area contributed by atoms with E-state index in [1.807, 2.05) is 0 Å². The van der Waals surface area contributed by atoms with E-state index in [2.05, 4.69) is 0 Å². The van der Waals surface area contributed by atoms with Gasteiger partial charge in [-0.1, -0.05) is 0 Å². The number of rotatable bonds is 0. The summed E-state index contributed by atoms with van der Waals surface area (Å²) in [6.45, 7) is 2.17. The highest BCUT2D eigenvalue weighted by Crippen LogP contribution is 1.42. The third kappa shape index (κ3) is 295. The molecule has 0 unspecified atom stereocenters. The van der Waals surface area contributed by atoms with Crippen molar-refractivity contribution in [3.63, 3.8) is 0 Å². The van der Waals surface area contributed by atoms with Gasteiger partial charge in [-0.3, -0.25) is 9.59 Å². The smallest absolute Gasteiger partial charge is 0.300 e. The van der Waals surface area contributed by atoms with Gasteiger partial charge in [0.2, 0.25) is 0 Å². The summed E-state index contributed by atoms with van der Waals surface area (Å²) in [6.07, 6.45) is 0. The quantitative estimate of drug-likeness (QED) is 0.355. The van der Waals surface area contributed by atoms with Crippen LogP contribution in [-0.2, 0) is 9.59 Å². The van der Waals surface area contributed by atoms with Crippen LogP contribution in [0.4, 0.5) is 0 Å². The number of aliphatic carboxylic acids is 2. The molecule has 0 bridgehead atoms. The van der Waals surface area contributed by atoms with Crippen molar-refractivity contribution in [1.82, 2.24) is 18.5 Å². The zero-order chi connectivity index (χ0) is 7.15. The third-order valence-electron chi connectivity index (χ3n) is 0. The molecule has 0 fully saturated rings. The molecule has 0 amide bonds. The Bertz CT molecular complexity index is 75.3. The van der Waals surface area contributed by atoms with Crippen LogP contribution < -0.4 is 18.5 Å². The zero-order valence-corrected chi connectivity index (χ0v) is 6.83. The molecule has 0 aliphatic carbocycles.